The number of hydrogen-bond acceptors (Lipinski definition) is 3. The molecule has 0 fully saturated rings. The van der Waals surface area contributed by atoms with Crippen LogP contribution in [0.2, 0.25) is 0 Å². The lowest BCUT2D eigenvalue weighted by Gasteiger charge is -2.19. The maximum absolute atomic E-state index is 5.53. The SMILES string of the molecule is CCCNCCCOCCOC(C)(C)C. The van der Waals surface area contributed by atoms with E-state index < -0.39 is 0 Å². The third kappa shape index (κ3) is 13.9. The Kier molecular flexibility index (Phi) is 9.06. The summed E-state index contributed by atoms with van der Waals surface area (Å²) in [6.45, 7) is 12.7. The molecule has 0 saturated heterocycles. The van der Waals surface area contributed by atoms with Crippen molar-refractivity contribution in [1.82, 2.24) is 5.32 Å². The van der Waals surface area contributed by atoms with Gasteiger partial charge in [0.1, 0.15) is 0 Å². The average molecular weight is 217 g/mol. The Morgan fingerprint density at radius 3 is 2.33 bits per heavy atom. The van der Waals surface area contributed by atoms with Gasteiger partial charge >= 0.3 is 0 Å². The van der Waals surface area contributed by atoms with Gasteiger partial charge in [-0.05, 0) is 46.7 Å². The predicted molar refractivity (Wildman–Crippen MR) is 64.3 cm³/mol. The Morgan fingerprint density at radius 1 is 1.00 bits per heavy atom. The molecule has 0 heterocycles. The molecule has 0 atom stereocenters. The van der Waals surface area contributed by atoms with Gasteiger partial charge in [0, 0.05) is 6.61 Å². The van der Waals surface area contributed by atoms with Crippen LogP contribution in [0, 0.1) is 0 Å². The monoisotopic (exact) mass is 217 g/mol. The summed E-state index contributed by atoms with van der Waals surface area (Å²) >= 11 is 0. The van der Waals surface area contributed by atoms with E-state index in [2.05, 4.69) is 33.0 Å². The molecule has 3 nitrogen and oxygen atoms in total. The van der Waals surface area contributed by atoms with E-state index in [9.17, 15) is 0 Å². The van der Waals surface area contributed by atoms with Crippen molar-refractivity contribution in [1.29, 1.82) is 0 Å². The molecule has 0 bridgehead atoms. The molecule has 0 aliphatic carbocycles. The van der Waals surface area contributed by atoms with Crippen LogP contribution < -0.4 is 5.32 Å². The van der Waals surface area contributed by atoms with Crippen molar-refractivity contribution in [2.24, 2.45) is 0 Å². The molecule has 92 valence electrons. The summed E-state index contributed by atoms with van der Waals surface area (Å²) in [6, 6.07) is 0. The van der Waals surface area contributed by atoms with Gasteiger partial charge in [-0.2, -0.15) is 0 Å². The highest BCUT2D eigenvalue weighted by Gasteiger charge is 2.08. The first kappa shape index (κ1) is 14.9. The zero-order valence-electron chi connectivity index (χ0n) is 10.8. The van der Waals surface area contributed by atoms with E-state index in [-0.39, 0.29) is 5.60 Å². The van der Waals surface area contributed by atoms with E-state index in [1.807, 2.05) is 0 Å². The third-order valence-corrected chi connectivity index (χ3v) is 1.83. The van der Waals surface area contributed by atoms with Gasteiger partial charge in [-0.15, -0.1) is 0 Å². The summed E-state index contributed by atoms with van der Waals surface area (Å²) in [6.07, 6.45) is 2.27. The van der Waals surface area contributed by atoms with Gasteiger partial charge in [0.25, 0.3) is 0 Å². The largest absolute Gasteiger partial charge is 0.379 e. The van der Waals surface area contributed by atoms with Crippen molar-refractivity contribution < 1.29 is 9.47 Å². The summed E-state index contributed by atoms with van der Waals surface area (Å²) in [5, 5.41) is 3.34. The Hall–Kier alpha value is -0.120. The Labute approximate surface area is 94.5 Å². The summed E-state index contributed by atoms with van der Waals surface area (Å²) in [4.78, 5) is 0. The molecule has 0 aromatic carbocycles. The zero-order valence-corrected chi connectivity index (χ0v) is 10.8. The van der Waals surface area contributed by atoms with E-state index in [0.29, 0.717) is 13.2 Å². The quantitative estimate of drug-likeness (QED) is 0.601. The lowest BCUT2D eigenvalue weighted by atomic mass is 10.2. The van der Waals surface area contributed by atoms with Crippen molar-refractivity contribution in [3.05, 3.63) is 0 Å². The van der Waals surface area contributed by atoms with Gasteiger partial charge in [-0.25, -0.2) is 0 Å². The van der Waals surface area contributed by atoms with Gasteiger partial charge in [0.15, 0.2) is 0 Å². The van der Waals surface area contributed by atoms with E-state index in [0.717, 1.165) is 26.1 Å². The standard InChI is InChI=1S/C12H27NO2/c1-5-7-13-8-6-9-14-10-11-15-12(2,3)4/h13H,5-11H2,1-4H3. The Balaban J connectivity index is 2.99. The molecule has 0 saturated carbocycles. The predicted octanol–water partition coefficient (Wildman–Crippen LogP) is 2.21. The first-order valence-corrected chi connectivity index (χ1v) is 5.98. The second-order valence-electron chi connectivity index (χ2n) is 4.68. The summed E-state index contributed by atoms with van der Waals surface area (Å²) in [5.74, 6) is 0. The van der Waals surface area contributed by atoms with Crippen LogP contribution in [0.15, 0.2) is 0 Å². The minimum absolute atomic E-state index is 0.0496. The fourth-order valence-electron chi connectivity index (χ4n) is 1.11. The highest BCUT2D eigenvalue weighted by Crippen LogP contribution is 2.05. The molecule has 0 rings (SSSR count). The third-order valence-electron chi connectivity index (χ3n) is 1.83. The topological polar surface area (TPSA) is 30.5 Å². The normalized spacial score (nSPS) is 12.0. The molecule has 0 amide bonds. The molecular formula is C12H27NO2. The summed E-state index contributed by atoms with van der Waals surface area (Å²) in [7, 11) is 0. The lowest BCUT2D eigenvalue weighted by Crippen LogP contribution is -2.22. The van der Waals surface area contributed by atoms with Gasteiger partial charge in [0.2, 0.25) is 0 Å². The first-order valence-electron chi connectivity index (χ1n) is 5.98. The number of hydrogen-bond donors (Lipinski definition) is 1. The molecule has 1 N–H and O–H groups in total. The molecule has 0 aliphatic heterocycles. The average Bonchev–Trinajstić information content (AvgIpc) is 2.14. The van der Waals surface area contributed by atoms with Crippen molar-refractivity contribution >= 4 is 0 Å². The number of nitrogens with one attached hydrogen (secondary N) is 1. The second kappa shape index (κ2) is 9.13. The van der Waals surface area contributed by atoms with Crippen molar-refractivity contribution in [2.45, 2.75) is 46.1 Å². The van der Waals surface area contributed by atoms with Crippen molar-refractivity contribution in [3.63, 3.8) is 0 Å². The van der Waals surface area contributed by atoms with Crippen LogP contribution in [0.3, 0.4) is 0 Å². The Bertz CT molecular complexity index is 132. The van der Waals surface area contributed by atoms with Gasteiger partial charge in [-0.3, -0.25) is 0 Å². The number of rotatable bonds is 9. The molecule has 15 heavy (non-hydrogen) atoms. The molecule has 3 heteroatoms. The maximum atomic E-state index is 5.53. The molecule has 0 unspecified atom stereocenters. The van der Waals surface area contributed by atoms with Crippen LogP contribution in [-0.4, -0.2) is 38.5 Å². The van der Waals surface area contributed by atoms with Crippen LogP contribution in [0.5, 0.6) is 0 Å². The van der Waals surface area contributed by atoms with Gasteiger partial charge in [0.05, 0.1) is 18.8 Å². The molecule has 0 aliphatic rings. The van der Waals surface area contributed by atoms with E-state index in [1.165, 1.54) is 6.42 Å². The van der Waals surface area contributed by atoms with Crippen LogP contribution in [0.25, 0.3) is 0 Å². The van der Waals surface area contributed by atoms with E-state index in [4.69, 9.17) is 9.47 Å². The Morgan fingerprint density at radius 2 is 1.73 bits per heavy atom. The minimum atomic E-state index is -0.0496. The highest BCUT2D eigenvalue weighted by molar-refractivity contribution is 4.57. The molecular weight excluding hydrogens is 190 g/mol. The fourth-order valence-corrected chi connectivity index (χ4v) is 1.11. The number of ether oxygens (including phenoxy) is 2. The van der Waals surface area contributed by atoms with Crippen LogP contribution in [0.1, 0.15) is 40.5 Å². The lowest BCUT2D eigenvalue weighted by molar-refractivity contribution is -0.0349. The first-order chi connectivity index (χ1) is 7.06. The van der Waals surface area contributed by atoms with Gasteiger partial charge in [-0.1, -0.05) is 6.92 Å². The van der Waals surface area contributed by atoms with Crippen LogP contribution in [0.4, 0.5) is 0 Å². The van der Waals surface area contributed by atoms with E-state index >= 15 is 0 Å². The highest BCUT2D eigenvalue weighted by atomic mass is 16.5. The van der Waals surface area contributed by atoms with Gasteiger partial charge < -0.3 is 14.8 Å². The molecule has 0 radical (unpaired) electrons. The van der Waals surface area contributed by atoms with Crippen molar-refractivity contribution in [2.75, 3.05) is 32.9 Å². The van der Waals surface area contributed by atoms with Crippen LogP contribution >= 0.6 is 0 Å². The second-order valence-corrected chi connectivity index (χ2v) is 4.68. The molecule has 0 aromatic rings. The van der Waals surface area contributed by atoms with Crippen molar-refractivity contribution in [3.8, 4) is 0 Å². The summed E-state index contributed by atoms with van der Waals surface area (Å²) < 4.78 is 11.0. The minimum Gasteiger partial charge on any atom is -0.379 e. The smallest absolute Gasteiger partial charge is 0.0707 e. The summed E-state index contributed by atoms with van der Waals surface area (Å²) in [5.41, 5.74) is -0.0496. The molecule has 0 aromatic heterocycles. The molecule has 0 spiro atoms. The van der Waals surface area contributed by atoms with E-state index in [1.54, 1.807) is 0 Å². The van der Waals surface area contributed by atoms with Crippen LogP contribution in [-0.2, 0) is 9.47 Å². The zero-order chi connectivity index (χ0) is 11.6. The maximum Gasteiger partial charge on any atom is 0.0707 e. The fraction of sp³-hybridized carbons (Fsp3) is 1.00.